The minimum absolute atomic E-state index is 0.722. The van der Waals surface area contributed by atoms with Crippen LogP contribution in [-0.4, -0.2) is 55.8 Å². The third-order valence-corrected chi connectivity index (χ3v) is 1.40. The zero-order valence-corrected chi connectivity index (χ0v) is 6.71. The number of carboxylic acids is 1. The van der Waals surface area contributed by atoms with Crippen LogP contribution in [0.2, 0.25) is 0 Å². The van der Waals surface area contributed by atoms with E-state index in [9.17, 15) is 4.79 Å². The van der Waals surface area contributed by atoms with Gasteiger partial charge in [0.25, 0.3) is 0 Å². The first kappa shape index (κ1) is 11.8. The summed E-state index contributed by atoms with van der Waals surface area (Å²) < 4.78 is 0. The van der Waals surface area contributed by atoms with E-state index in [1.165, 1.54) is 0 Å². The molecule has 0 fully saturated rings. The van der Waals surface area contributed by atoms with E-state index in [0.29, 0.717) is 0 Å². The quantitative estimate of drug-likeness (QED) is 0.171. The Balaban J connectivity index is 4.43. The minimum Gasteiger partial charge on any atom is -0.477 e. The van der Waals surface area contributed by atoms with Gasteiger partial charge in [0.05, 0.1) is 6.61 Å². The molecule has 6 heteroatoms. The van der Waals surface area contributed by atoms with Gasteiger partial charge in [-0.2, -0.15) is 0 Å². The van der Waals surface area contributed by atoms with Gasteiger partial charge in [0.2, 0.25) is 0 Å². The molecule has 0 aliphatic rings. The summed E-state index contributed by atoms with van der Waals surface area (Å²) in [6.45, 7) is 2.16. The number of hydrogen-bond donors (Lipinski definition) is 4. The van der Waals surface area contributed by atoms with E-state index < -0.39 is 36.1 Å². The molecule has 6 nitrogen and oxygen atoms in total. The maximum atomic E-state index is 10.2. The molecule has 0 rings (SSSR count). The van der Waals surface area contributed by atoms with Crippen LogP contribution in [0.3, 0.4) is 0 Å². The maximum absolute atomic E-state index is 10.2. The summed E-state index contributed by atoms with van der Waals surface area (Å²) in [6, 6.07) is 0. The van der Waals surface area contributed by atoms with Gasteiger partial charge in [-0.3, -0.25) is 4.79 Å². The molecule has 0 heterocycles. The molecule has 0 bridgehead atoms. The molecule has 0 saturated carbocycles. The van der Waals surface area contributed by atoms with Crippen molar-refractivity contribution in [1.82, 2.24) is 0 Å². The molecule has 0 aromatic rings. The normalized spacial score (nSPS) is 14.7. The summed E-state index contributed by atoms with van der Waals surface area (Å²) in [5.74, 6) is -2.48. The van der Waals surface area contributed by atoms with Crippen molar-refractivity contribution in [3.05, 3.63) is 12.2 Å². The Bertz CT molecular complexity index is 233. The van der Waals surface area contributed by atoms with Crippen molar-refractivity contribution in [2.45, 2.75) is 12.2 Å². The van der Waals surface area contributed by atoms with Crippen LogP contribution in [0.5, 0.6) is 0 Å². The number of aliphatic hydroxyl groups is 3. The molecule has 74 valence electrons. The number of aliphatic hydroxyl groups excluding tert-OH is 3. The van der Waals surface area contributed by atoms with Crippen LogP contribution in [-0.2, 0) is 4.79 Å². The summed E-state index contributed by atoms with van der Waals surface area (Å²) >= 11 is 0. The molecular formula is C7H11O6+. The molecule has 13 heavy (non-hydrogen) atoms. The van der Waals surface area contributed by atoms with Crippen molar-refractivity contribution in [3.8, 4) is 0 Å². The van der Waals surface area contributed by atoms with Gasteiger partial charge < -0.3 is 20.4 Å². The first-order valence-electron chi connectivity index (χ1n) is 3.37. The van der Waals surface area contributed by atoms with Crippen molar-refractivity contribution in [2.75, 3.05) is 6.61 Å². The lowest BCUT2D eigenvalue weighted by Crippen LogP contribution is -2.38. The zero-order valence-electron chi connectivity index (χ0n) is 6.71. The number of hydrogen-bond acceptors (Lipinski definition) is 4. The van der Waals surface area contributed by atoms with E-state index in [1.54, 1.807) is 0 Å². The number of carbonyl (C=O) groups is 1. The second kappa shape index (κ2) is 4.70. The molecule has 0 aromatic carbocycles. The lowest BCUT2D eigenvalue weighted by atomic mass is 10.0. The topological polar surface area (TPSA) is 119 Å². The van der Waals surface area contributed by atoms with E-state index in [-0.39, 0.29) is 0 Å². The van der Waals surface area contributed by atoms with Crippen molar-refractivity contribution in [3.63, 3.8) is 0 Å². The number of aliphatic carboxylic acids is 1. The van der Waals surface area contributed by atoms with E-state index >= 15 is 0 Å². The minimum atomic E-state index is -1.84. The monoisotopic (exact) mass is 191 g/mol. The Hall–Kier alpha value is -1.24. The summed E-state index contributed by atoms with van der Waals surface area (Å²) in [7, 11) is 0. The molecule has 0 aliphatic heterocycles. The molecule has 0 amide bonds. The maximum Gasteiger partial charge on any atom is 0.361 e. The van der Waals surface area contributed by atoms with Crippen LogP contribution in [0.1, 0.15) is 0 Å². The standard InChI is InChI=1S/C7H10O6/c1-3(7(12)13)5(10)6(11)4(9)2-8/h4,6,8-9,11H,1-2H2,(H,12,13)/p+1. The van der Waals surface area contributed by atoms with Gasteiger partial charge in [-0.25, -0.2) is 4.79 Å². The van der Waals surface area contributed by atoms with Gasteiger partial charge in [-0.1, -0.05) is 6.58 Å². The smallest absolute Gasteiger partial charge is 0.361 e. The fraction of sp³-hybridized carbons (Fsp3) is 0.429. The predicted octanol–water partition coefficient (Wildman–Crippen LogP) is -2.11. The average molecular weight is 191 g/mol. The van der Waals surface area contributed by atoms with Gasteiger partial charge in [-0.15, -0.1) is 0 Å². The van der Waals surface area contributed by atoms with Gasteiger partial charge in [0.15, 0.2) is 11.7 Å². The van der Waals surface area contributed by atoms with Crippen LogP contribution in [0.25, 0.3) is 0 Å². The van der Waals surface area contributed by atoms with Crippen LogP contribution in [0, 0.1) is 0 Å². The Morgan fingerprint density at radius 1 is 1.46 bits per heavy atom. The molecule has 2 atom stereocenters. The average Bonchev–Trinajstić information content (AvgIpc) is 2.12. The number of carbonyl (C=O) groups excluding carboxylic acids is 1. The highest BCUT2D eigenvalue weighted by Crippen LogP contribution is 2.02. The Labute approximate surface area is 73.7 Å². The van der Waals surface area contributed by atoms with Crippen LogP contribution in [0.4, 0.5) is 0 Å². The number of ketones is 1. The van der Waals surface area contributed by atoms with Gasteiger partial charge in [-0.05, 0) is 0 Å². The van der Waals surface area contributed by atoms with Crippen LogP contribution in [0.15, 0.2) is 12.2 Å². The predicted molar refractivity (Wildman–Crippen MR) is 42.8 cm³/mol. The van der Waals surface area contributed by atoms with Gasteiger partial charge in [0, 0.05) is 0 Å². The summed E-state index contributed by atoms with van der Waals surface area (Å²) in [5.41, 5.74) is -0.722. The second-order valence-electron chi connectivity index (χ2n) is 2.36. The number of carboxylic acid groups (broad SMARTS) is 1. The third-order valence-electron chi connectivity index (χ3n) is 1.40. The Kier molecular flexibility index (Phi) is 4.26. The highest BCUT2D eigenvalue weighted by atomic mass is 16.4. The zero-order chi connectivity index (χ0) is 10.6. The van der Waals surface area contributed by atoms with E-state index in [4.69, 9.17) is 25.2 Å². The lowest BCUT2D eigenvalue weighted by Gasteiger charge is -2.09. The molecule has 0 radical (unpaired) electrons. The fourth-order valence-corrected chi connectivity index (χ4v) is 0.570. The highest BCUT2D eigenvalue weighted by molar-refractivity contribution is 6.18. The largest absolute Gasteiger partial charge is 0.477 e. The third kappa shape index (κ3) is 2.94. The molecule has 0 spiro atoms. The highest BCUT2D eigenvalue weighted by Gasteiger charge is 2.34. The summed E-state index contributed by atoms with van der Waals surface area (Å²) in [5, 5.41) is 34.5. The van der Waals surface area contributed by atoms with Gasteiger partial charge in [0.1, 0.15) is 6.10 Å². The molecule has 5 N–H and O–H groups in total. The SMILES string of the molecule is C=C(C(=O)O)C(=[OH+])C(O)C(O)CO. The lowest BCUT2D eigenvalue weighted by molar-refractivity contribution is -0.132. The second-order valence-corrected chi connectivity index (χ2v) is 2.36. The molecule has 0 aliphatic carbocycles. The Morgan fingerprint density at radius 2 is 1.92 bits per heavy atom. The van der Waals surface area contributed by atoms with E-state index in [1.807, 2.05) is 0 Å². The number of rotatable bonds is 5. The Morgan fingerprint density at radius 3 is 2.23 bits per heavy atom. The molecule has 0 aromatic heterocycles. The van der Waals surface area contributed by atoms with Crippen molar-refractivity contribution >= 4 is 11.8 Å². The summed E-state index contributed by atoms with van der Waals surface area (Å²) in [6.07, 6.45) is -3.47. The molecular weight excluding hydrogens is 180 g/mol. The van der Waals surface area contributed by atoms with Crippen molar-refractivity contribution in [1.29, 1.82) is 0 Å². The first-order chi connectivity index (χ1) is 5.91. The van der Waals surface area contributed by atoms with E-state index in [2.05, 4.69) is 6.58 Å². The molecule has 2 unspecified atom stereocenters. The van der Waals surface area contributed by atoms with Crippen LogP contribution >= 0.6 is 0 Å². The first-order valence-corrected chi connectivity index (χ1v) is 3.37. The van der Waals surface area contributed by atoms with Crippen LogP contribution < -0.4 is 0 Å². The van der Waals surface area contributed by atoms with Crippen molar-refractivity contribution < 1.29 is 30.0 Å². The summed E-state index contributed by atoms with van der Waals surface area (Å²) in [4.78, 5) is 19.2. The molecule has 0 saturated heterocycles. The van der Waals surface area contributed by atoms with Crippen molar-refractivity contribution in [2.24, 2.45) is 0 Å². The van der Waals surface area contributed by atoms with E-state index in [0.717, 1.165) is 0 Å². The van der Waals surface area contributed by atoms with Gasteiger partial charge >= 0.3 is 11.8 Å². The fourth-order valence-electron chi connectivity index (χ4n) is 0.570.